The number of hydrogen-bond acceptors (Lipinski definition) is 3. The Morgan fingerprint density at radius 1 is 1.39 bits per heavy atom. The van der Waals surface area contributed by atoms with Gasteiger partial charge in [0.2, 0.25) is 0 Å². The first-order valence-corrected chi connectivity index (χ1v) is 6.82. The fourth-order valence-electron chi connectivity index (χ4n) is 1.71. The molecule has 1 aliphatic carbocycles. The smallest absolute Gasteiger partial charge is 0.123 e. The largest absolute Gasteiger partial charge is 0.492 e. The van der Waals surface area contributed by atoms with Gasteiger partial charge in [0.15, 0.2) is 0 Å². The van der Waals surface area contributed by atoms with Crippen LogP contribution in [0.15, 0.2) is 18.2 Å². The number of nitrogens with one attached hydrogen (secondary N) is 1. The third-order valence-corrected chi connectivity index (χ3v) is 3.21. The van der Waals surface area contributed by atoms with Crippen LogP contribution in [-0.4, -0.2) is 38.2 Å². The zero-order chi connectivity index (χ0) is 13.0. The molecule has 0 radical (unpaired) electrons. The monoisotopic (exact) mass is 268 g/mol. The first-order valence-electron chi connectivity index (χ1n) is 6.44. The van der Waals surface area contributed by atoms with Crippen LogP contribution in [0.4, 0.5) is 0 Å². The van der Waals surface area contributed by atoms with Crippen LogP contribution in [-0.2, 0) is 6.54 Å². The van der Waals surface area contributed by atoms with Gasteiger partial charge in [0.1, 0.15) is 12.4 Å². The van der Waals surface area contributed by atoms with E-state index in [1.807, 2.05) is 32.3 Å². The van der Waals surface area contributed by atoms with Gasteiger partial charge in [0.05, 0.1) is 0 Å². The molecular weight excluding hydrogens is 248 g/mol. The third-order valence-electron chi connectivity index (χ3n) is 2.98. The van der Waals surface area contributed by atoms with E-state index in [9.17, 15) is 0 Å². The predicted octanol–water partition coefficient (Wildman–Crippen LogP) is 2.53. The van der Waals surface area contributed by atoms with Crippen LogP contribution in [0.2, 0.25) is 5.02 Å². The van der Waals surface area contributed by atoms with Crippen molar-refractivity contribution in [2.45, 2.75) is 25.4 Å². The molecule has 0 amide bonds. The van der Waals surface area contributed by atoms with Crippen molar-refractivity contribution in [2.75, 3.05) is 27.2 Å². The number of ether oxygens (including phenoxy) is 1. The number of likely N-dealkylation sites (N-methyl/N-ethyl adjacent to an activating group) is 1. The molecule has 0 unspecified atom stereocenters. The molecule has 3 nitrogen and oxygen atoms in total. The third kappa shape index (κ3) is 4.48. The molecule has 1 aromatic rings. The quantitative estimate of drug-likeness (QED) is 0.823. The van der Waals surface area contributed by atoms with Crippen molar-refractivity contribution < 1.29 is 4.74 Å². The minimum Gasteiger partial charge on any atom is -0.492 e. The molecule has 100 valence electrons. The number of nitrogens with zero attached hydrogens (tertiary/aromatic N) is 1. The molecule has 2 rings (SSSR count). The van der Waals surface area contributed by atoms with Gasteiger partial charge in [-0.15, -0.1) is 0 Å². The maximum atomic E-state index is 6.04. The second-order valence-corrected chi connectivity index (χ2v) is 5.50. The Balaban J connectivity index is 1.93. The molecule has 1 aromatic carbocycles. The van der Waals surface area contributed by atoms with E-state index in [-0.39, 0.29) is 0 Å². The first-order chi connectivity index (χ1) is 8.65. The van der Waals surface area contributed by atoms with Gasteiger partial charge in [-0.1, -0.05) is 11.6 Å². The molecule has 4 heteroatoms. The molecule has 0 atom stereocenters. The molecule has 1 N–H and O–H groups in total. The van der Waals surface area contributed by atoms with Gasteiger partial charge in [0.25, 0.3) is 0 Å². The Morgan fingerprint density at radius 2 is 2.17 bits per heavy atom. The Hall–Kier alpha value is -0.770. The summed E-state index contributed by atoms with van der Waals surface area (Å²) in [4.78, 5) is 2.11. The highest BCUT2D eigenvalue weighted by molar-refractivity contribution is 6.30. The van der Waals surface area contributed by atoms with Crippen LogP contribution in [0.3, 0.4) is 0 Å². The van der Waals surface area contributed by atoms with Gasteiger partial charge >= 0.3 is 0 Å². The molecule has 1 fully saturated rings. The lowest BCUT2D eigenvalue weighted by atomic mass is 10.2. The average molecular weight is 269 g/mol. The molecular formula is C14H21ClN2O. The molecule has 1 saturated carbocycles. The van der Waals surface area contributed by atoms with Gasteiger partial charge < -0.3 is 15.0 Å². The van der Waals surface area contributed by atoms with Crippen LogP contribution in [0.25, 0.3) is 0 Å². The van der Waals surface area contributed by atoms with Crippen LogP contribution in [0.5, 0.6) is 5.75 Å². The van der Waals surface area contributed by atoms with Gasteiger partial charge in [-0.2, -0.15) is 0 Å². The minimum atomic E-state index is 0.693. The number of halogens is 1. The highest BCUT2D eigenvalue weighted by atomic mass is 35.5. The number of rotatable bonds is 7. The molecule has 0 spiro atoms. The van der Waals surface area contributed by atoms with Crippen LogP contribution < -0.4 is 10.1 Å². The Kier molecular flexibility index (Phi) is 4.87. The lowest BCUT2D eigenvalue weighted by molar-refractivity contribution is 0.259. The SMILES string of the molecule is CN(C)CCOc1ccc(Cl)cc1CNC1CC1. The molecule has 0 aliphatic heterocycles. The van der Waals surface area contributed by atoms with Crippen molar-refractivity contribution in [3.05, 3.63) is 28.8 Å². The number of hydrogen-bond donors (Lipinski definition) is 1. The van der Waals surface area contributed by atoms with Gasteiger partial charge in [0, 0.05) is 29.7 Å². The summed E-state index contributed by atoms with van der Waals surface area (Å²) in [6.45, 7) is 2.45. The Bertz CT molecular complexity index is 391. The molecule has 0 saturated heterocycles. The minimum absolute atomic E-state index is 0.693. The Labute approximate surface area is 114 Å². The van der Waals surface area contributed by atoms with Gasteiger partial charge in [-0.05, 0) is 45.1 Å². The summed E-state index contributed by atoms with van der Waals surface area (Å²) in [5, 5.41) is 4.26. The predicted molar refractivity (Wildman–Crippen MR) is 75.4 cm³/mol. The van der Waals surface area contributed by atoms with E-state index in [1.54, 1.807) is 0 Å². The van der Waals surface area contributed by atoms with E-state index in [0.29, 0.717) is 12.6 Å². The highest BCUT2D eigenvalue weighted by Gasteiger charge is 2.20. The van der Waals surface area contributed by atoms with E-state index in [0.717, 1.165) is 29.4 Å². The van der Waals surface area contributed by atoms with Crippen molar-refractivity contribution >= 4 is 11.6 Å². The second-order valence-electron chi connectivity index (χ2n) is 5.06. The second kappa shape index (κ2) is 6.41. The van der Waals surface area contributed by atoms with Crippen LogP contribution in [0.1, 0.15) is 18.4 Å². The summed E-state index contributed by atoms with van der Waals surface area (Å²) in [6.07, 6.45) is 2.58. The molecule has 0 aromatic heterocycles. The van der Waals surface area contributed by atoms with Crippen molar-refractivity contribution in [1.29, 1.82) is 0 Å². The first kappa shape index (κ1) is 13.7. The van der Waals surface area contributed by atoms with Gasteiger partial charge in [-0.3, -0.25) is 0 Å². The van der Waals surface area contributed by atoms with E-state index in [2.05, 4.69) is 10.2 Å². The summed E-state index contributed by atoms with van der Waals surface area (Å²) in [5.41, 5.74) is 1.15. The molecule has 0 bridgehead atoms. The van der Waals surface area contributed by atoms with E-state index in [4.69, 9.17) is 16.3 Å². The topological polar surface area (TPSA) is 24.5 Å². The summed E-state index contributed by atoms with van der Waals surface area (Å²) < 4.78 is 5.82. The summed E-state index contributed by atoms with van der Waals surface area (Å²) in [5.74, 6) is 0.939. The fourth-order valence-corrected chi connectivity index (χ4v) is 1.90. The standard InChI is InChI=1S/C14H21ClN2O/c1-17(2)7-8-18-14-6-3-12(15)9-11(14)10-16-13-4-5-13/h3,6,9,13,16H,4-5,7-8,10H2,1-2H3. The van der Waals surface area contributed by atoms with Crippen molar-refractivity contribution in [3.8, 4) is 5.75 Å². The normalized spacial score (nSPS) is 15.1. The summed E-state index contributed by atoms with van der Waals surface area (Å²) >= 11 is 6.04. The van der Waals surface area contributed by atoms with E-state index in [1.165, 1.54) is 12.8 Å². The van der Waals surface area contributed by atoms with Crippen molar-refractivity contribution in [2.24, 2.45) is 0 Å². The molecule has 0 heterocycles. The summed E-state index contributed by atoms with van der Waals surface area (Å²) in [7, 11) is 4.08. The summed E-state index contributed by atoms with van der Waals surface area (Å²) in [6, 6.07) is 6.52. The van der Waals surface area contributed by atoms with Crippen LogP contribution >= 0.6 is 11.6 Å². The molecule has 1 aliphatic rings. The van der Waals surface area contributed by atoms with Gasteiger partial charge in [-0.25, -0.2) is 0 Å². The fraction of sp³-hybridized carbons (Fsp3) is 0.571. The highest BCUT2D eigenvalue weighted by Crippen LogP contribution is 2.25. The number of benzene rings is 1. The zero-order valence-corrected chi connectivity index (χ0v) is 11.8. The van der Waals surface area contributed by atoms with Crippen molar-refractivity contribution in [3.63, 3.8) is 0 Å². The average Bonchev–Trinajstić information content (AvgIpc) is 3.12. The van der Waals surface area contributed by atoms with E-state index < -0.39 is 0 Å². The Morgan fingerprint density at radius 3 is 2.83 bits per heavy atom. The molecule has 18 heavy (non-hydrogen) atoms. The van der Waals surface area contributed by atoms with Crippen LogP contribution in [0, 0.1) is 0 Å². The lowest BCUT2D eigenvalue weighted by Gasteiger charge is -2.14. The maximum absolute atomic E-state index is 6.04. The van der Waals surface area contributed by atoms with Crippen molar-refractivity contribution in [1.82, 2.24) is 10.2 Å². The lowest BCUT2D eigenvalue weighted by Crippen LogP contribution is -2.20. The zero-order valence-electron chi connectivity index (χ0n) is 11.1. The maximum Gasteiger partial charge on any atom is 0.123 e. The van der Waals surface area contributed by atoms with E-state index >= 15 is 0 Å².